The number of aldehydes is 1. The Morgan fingerprint density at radius 2 is 2.04 bits per heavy atom. The number of H-pyrrole nitrogens is 1. The summed E-state index contributed by atoms with van der Waals surface area (Å²) in [7, 11) is -3.41. The number of hydrogen-bond donors (Lipinski definition) is 2. The SMILES string of the molecule is CCn1[nH]c(-c2ccc(S(C)(=O)=O)c(NC3CC3)c2C)c(C=O)c1=O. The van der Waals surface area contributed by atoms with E-state index in [4.69, 9.17) is 0 Å². The molecule has 0 aliphatic heterocycles. The van der Waals surface area contributed by atoms with E-state index in [9.17, 15) is 18.0 Å². The van der Waals surface area contributed by atoms with Crippen LogP contribution in [0.5, 0.6) is 0 Å². The van der Waals surface area contributed by atoms with Gasteiger partial charge < -0.3 is 5.32 Å². The first kappa shape index (κ1) is 17.5. The van der Waals surface area contributed by atoms with E-state index in [0.29, 0.717) is 35.3 Å². The fourth-order valence-corrected chi connectivity index (χ4v) is 3.81. The largest absolute Gasteiger partial charge is 0.381 e. The molecule has 0 radical (unpaired) electrons. The number of carbonyl (C=O) groups is 1. The van der Waals surface area contributed by atoms with Gasteiger partial charge in [-0.15, -0.1) is 0 Å². The van der Waals surface area contributed by atoms with E-state index >= 15 is 0 Å². The summed E-state index contributed by atoms with van der Waals surface area (Å²) in [6.45, 7) is 4.01. The van der Waals surface area contributed by atoms with Crippen molar-refractivity contribution in [1.82, 2.24) is 9.78 Å². The number of aromatic amines is 1. The van der Waals surface area contributed by atoms with Crippen LogP contribution >= 0.6 is 0 Å². The molecule has 0 unspecified atom stereocenters. The number of hydrogen-bond acceptors (Lipinski definition) is 5. The van der Waals surface area contributed by atoms with Crippen LogP contribution in [0.1, 0.15) is 35.7 Å². The number of aromatic nitrogens is 2. The molecule has 1 fully saturated rings. The predicted molar refractivity (Wildman–Crippen MR) is 96.0 cm³/mol. The maximum atomic E-state index is 12.2. The zero-order chi connectivity index (χ0) is 18.4. The van der Waals surface area contributed by atoms with Crippen molar-refractivity contribution in [1.29, 1.82) is 0 Å². The number of aryl methyl sites for hydroxylation is 1. The molecule has 2 N–H and O–H groups in total. The molecule has 0 saturated heterocycles. The van der Waals surface area contributed by atoms with Crippen LogP contribution in [0.3, 0.4) is 0 Å². The van der Waals surface area contributed by atoms with E-state index in [1.807, 2.05) is 0 Å². The van der Waals surface area contributed by atoms with Gasteiger partial charge in [0.05, 0.1) is 16.3 Å². The van der Waals surface area contributed by atoms with Crippen LogP contribution in [-0.2, 0) is 16.4 Å². The van der Waals surface area contributed by atoms with Gasteiger partial charge in [-0.05, 0) is 38.3 Å². The van der Waals surface area contributed by atoms with E-state index in [1.165, 1.54) is 17.0 Å². The molecule has 0 bridgehead atoms. The molecular weight excluding hydrogens is 342 g/mol. The molecule has 0 atom stereocenters. The third kappa shape index (κ3) is 3.13. The maximum absolute atomic E-state index is 12.2. The van der Waals surface area contributed by atoms with Gasteiger partial charge in [-0.2, -0.15) is 0 Å². The molecule has 3 rings (SSSR count). The Bertz CT molecular complexity index is 998. The van der Waals surface area contributed by atoms with E-state index in [1.54, 1.807) is 19.9 Å². The molecule has 25 heavy (non-hydrogen) atoms. The van der Waals surface area contributed by atoms with Crippen LogP contribution in [0.25, 0.3) is 11.3 Å². The first-order valence-electron chi connectivity index (χ1n) is 8.16. The number of sulfone groups is 1. The van der Waals surface area contributed by atoms with Crippen molar-refractivity contribution in [3.8, 4) is 11.3 Å². The second-order valence-corrected chi connectivity index (χ2v) is 8.35. The second kappa shape index (κ2) is 6.18. The Hall–Kier alpha value is -2.35. The lowest BCUT2D eigenvalue weighted by atomic mass is 10.0. The van der Waals surface area contributed by atoms with Crippen molar-refractivity contribution in [2.24, 2.45) is 0 Å². The molecule has 1 aliphatic rings. The summed E-state index contributed by atoms with van der Waals surface area (Å²) in [5, 5.41) is 6.23. The fraction of sp³-hybridized carbons (Fsp3) is 0.412. The highest BCUT2D eigenvalue weighted by Crippen LogP contribution is 2.36. The van der Waals surface area contributed by atoms with Gasteiger partial charge in [-0.3, -0.25) is 19.4 Å². The first-order chi connectivity index (χ1) is 11.8. The Balaban J connectivity index is 2.25. The lowest BCUT2D eigenvalue weighted by Crippen LogP contribution is -2.17. The van der Waals surface area contributed by atoms with Crippen molar-refractivity contribution in [2.75, 3.05) is 11.6 Å². The molecule has 1 aromatic heterocycles. The summed E-state index contributed by atoms with van der Waals surface area (Å²) >= 11 is 0. The lowest BCUT2D eigenvalue weighted by Gasteiger charge is -2.16. The summed E-state index contributed by atoms with van der Waals surface area (Å²) in [5.74, 6) is 0. The predicted octanol–water partition coefficient (Wildman–Crippen LogP) is 1.96. The number of benzene rings is 1. The van der Waals surface area contributed by atoms with Gasteiger partial charge in [0.1, 0.15) is 5.56 Å². The first-order valence-corrected chi connectivity index (χ1v) is 10.1. The minimum absolute atomic E-state index is 0.0504. The summed E-state index contributed by atoms with van der Waals surface area (Å²) in [5.41, 5.74) is 1.97. The highest BCUT2D eigenvalue weighted by atomic mass is 32.2. The van der Waals surface area contributed by atoms with Gasteiger partial charge in [-0.25, -0.2) is 8.42 Å². The standard InChI is InChI=1S/C17H21N3O4S/c1-4-20-17(22)13(9-21)16(19-20)12-7-8-14(25(3,23)24)15(10(12)2)18-11-5-6-11/h7-9,11,18-19H,4-6H2,1-3H3. The molecule has 8 heteroatoms. The molecule has 1 aromatic carbocycles. The summed E-state index contributed by atoms with van der Waals surface area (Å²) in [6, 6.07) is 3.43. The normalized spacial score (nSPS) is 14.5. The molecular formula is C17H21N3O4S. The van der Waals surface area contributed by atoms with Gasteiger partial charge >= 0.3 is 0 Å². The Kier molecular flexibility index (Phi) is 4.32. The summed E-state index contributed by atoms with van der Waals surface area (Å²) in [4.78, 5) is 23.9. The van der Waals surface area contributed by atoms with Gasteiger partial charge in [0.2, 0.25) is 0 Å². The smallest absolute Gasteiger partial charge is 0.277 e. The molecule has 0 spiro atoms. The number of rotatable bonds is 6. The Morgan fingerprint density at radius 3 is 2.56 bits per heavy atom. The van der Waals surface area contributed by atoms with Crippen LogP contribution in [0, 0.1) is 6.92 Å². The van der Waals surface area contributed by atoms with Gasteiger partial charge in [0.25, 0.3) is 5.56 Å². The van der Waals surface area contributed by atoms with Crippen molar-refractivity contribution in [2.45, 2.75) is 44.2 Å². The van der Waals surface area contributed by atoms with Crippen molar-refractivity contribution in [3.63, 3.8) is 0 Å². The van der Waals surface area contributed by atoms with Crippen LogP contribution in [0.2, 0.25) is 0 Å². The maximum Gasteiger partial charge on any atom is 0.277 e. The minimum Gasteiger partial charge on any atom is -0.381 e. The quantitative estimate of drug-likeness (QED) is 0.764. The zero-order valence-electron chi connectivity index (χ0n) is 14.4. The van der Waals surface area contributed by atoms with Gasteiger partial charge in [0.15, 0.2) is 16.1 Å². The molecule has 1 heterocycles. The average Bonchev–Trinajstić information content (AvgIpc) is 3.30. The molecule has 7 nitrogen and oxygen atoms in total. The highest BCUT2D eigenvalue weighted by Gasteiger charge is 2.27. The molecule has 134 valence electrons. The number of nitrogens with zero attached hydrogens (tertiary/aromatic N) is 1. The monoisotopic (exact) mass is 363 g/mol. The molecule has 2 aromatic rings. The minimum atomic E-state index is -3.41. The molecule has 1 saturated carbocycles. The van der Waals surface area contributed by atoms with E-state index in [0.717, 1.165) is 12.8 Å². The average molecular weight is 363 g/mol. The second-order valence-electron chi connectivity index (χ2n) is 6.37. The van der Waals surface area contributed by atoms with Crippen molar-refractivity contribution >= 4 is 21.8 Å². The lowest BCUT2D eigenvalue weighted by molar-refractivity contribution is 0.112. The van der Waals surface area contributed by atoms with E-state index in [2.05, 4.69) is 10.4 Å². The molecule has 1 aliphatic carbocycles. The van der Waals surface area contributed by atoms with Crippen molar-refractivity contribution < 1.29 is 13.2 Å². The highest BCUT2D eigenvalue weighted by molar-refractivity contribution is 7.90. The van der Waals surface area contributed by atoms with Crippen LogP contribution in [0.15, 0.2) is 21.8 Å². The van der Waals surface area contributed by atoms with E-state index < -0.39 is 9.84 Å². The van der Waals surface area contributed by atoms with Crippen LogP contribution in [0.4, 0.5) is 5.69 Å². The number of nitrogens with one attached hydrogen (secondary N) is 2. The fourth-order valence-electron chi connectivity index (χ4n) is 2.91. The van der Waals surface area contributed by atoms with E-state index in [-0.39, 0.29) is 22.1 Å². The van der Waals surface area contributed by atoms with Crippen LogP contribution < -0.4 is 10.9 Å². The Labute approximate surface area is 146 Å². The molecule has 0 amide bonds. The van der Waals surface area contributed by atoms with Crippen LogP contribution in [-0.4, -0.2) is 36.8 Å². The summed E-state index contributed by atoms with van der Waals surface area (Å²) < 4.78 is 25.6. The van der Waals surface area contributed by atoms with Gasteiger partial charge in [-0.1, -0.05) is 6.07 Å². The van der Waals surface area contributed by atoms with Crippen molar-refractivity contribution in [3.05, 3.63) is 33.6 Å². The topological polar surface area (TPSA) is 101 Å². The number of carbonyl (C=O) groups excluding carboxylic acids is 1. The Morgan fingerprint density at radius 1 is 1.36 bits per heavy atom. The van der Waals surface area contributed by atoms with Gasteiger partial charge in [0, 0.05) is 24.4 Å². The number of anilines is 1. The third-order valence-electron chi connectivity index (χ3n) is 4.45. The third-order valence-corrected chi connectivity index (χ3v) is 5.59. The zero-order valence-corrected chi connectivity index (χ0v) is 15.2. The summed E-state index contributed by atoms with van der Waals surface area (Å²) in [6.07, 6.45) is 3.70.